The molecule has 0 radical (unpaired) electrons. The van der Waals surface area contributed by atoms with E-state index in [1.807, 2.05) is 11.0 Å². The van der Waals surface area contributed by atoms with Gasteiger partial charge in [-0.1, -0.05) is 37.0 Å². The monoisotopic (exact) mass is 532 g/mol. The molecule has 0 aliphatic heterocycles. The first-order valence-corrected chi connectivity index (χ1v) is 12.0. The maximum absolute atomic E-state index is 13.4. The molecule has 2 aromatic carbocycles. The number of aromatic nitrogens is 2. The fourth-order valence-electron chi connectivity index (χ4n) is 3.74. The average molecular weight is 533 g/mol. The van der Waals surface area contributed by atoms with Gasteiger partial charge in [-0.25, -0.2) is 4.98 Å². The average Bonchev–Trinajstić information content (AvgIpc) is 2.87. The van der Waals surface area contributed by atoms with Gasteiger partial charge in [-0.05, 0) is 18.2 Å². The molecule has 1 heterocycles. The SMILES string of the molecule is CN/C=C(\C=N)n1cnc2ccc(N(CCNC(C)C)c3c(Cl)c(OC)cc(OC)c3Cl)cc2c1=O. The van der Waals surface area contributed by atoms with E-state index in [1.54, 1.807) is 31.4 Å². The largest absolute Gasteiger partial charge is 0.495 e. The molecule has 9 nitrogen and oxygen atoms in total. The Morgan fingerprint density at radius 2 is 1.86 bits per heavy atom. The summed E-state index contributed by atoms with van der Waals surface area (Å²) < 4.78 is 12.3. The van der Waals surface area contributed by atoms with E-state index in [2.05, 4.69) is 29.5 Å². The van der Waals surface area contributed by atoms with Gasteiger partial charge in [0.05, 0.1) is 36.5 Å². The van der Waals surface area contributed by atoms with Crippen LogP contribution < -0.4 is 30.6 Å². The Kier molecular flexibility index (Phi) is 9.19. The van der Waals surface area contributed by atoms with Crippen LogP contribution in [0.25, 0.3) is 16.6 Å². The molecule has 11 heteroatoms. The van der Waals surface area contributed by atoms with Crippen molar-refractivity contribution < 1.29 is 9.47 Å². The minimum Gasteiger partial charge on any atom is -0.495 e. The summed E-state index contributed by atoms with van der Waals surface area (Å²) in [6, 6.07) is 7.27. The molecule has 0 saturated carbocycles. The zero-order chi connectivity index (χ0) is 26.4. The summed E-state index contributed by atoms with van der Waals surface area (Å²) in [5.74, 6) is 0.819. The van der Waals surface area contributed by atoms with Crippen molar-refractivity contribution in [3.05, 3.63) is 57.2 Å². The number of methoxy groups -OCH3 is 2. The van der Waals surface area contributed by atoms with Crippen molar-refractivity contribution in [1.29, 1.82) is 5.41 Å². The van der Waals surface area contributed by atoms with Crippen LogP contribution >= 0.6 is 23.2 Å². The summed E-state index contributed by atoms with van der Waals surface area (Å²) in [6.07, 6.45) is 4.04. The third-order valence-corrected chi connectivity index (χ3v) is 6.21. The first-order chi connectivity index (χ1) is 17.3. The second-order valence-corrected chi connectivity index (χ2v) is 8.90. The fourth-order valence-corrected chi connectivity index (χ4v) is 4.44. The molecule has 0 saturated heterocycles. The van der Waals surface area contributed by atoms with Gasteiger partial charge in [-0.3, -0.25) is 9.36 Å². The van der Waals surface area contributed by atoms with Crippen LogP contribution in [0.4, 0.5) is 11.4 Å². The van der Waals surface area contributed by atoms with Crippen LogP contribution in [0.1, 0.15) is 13.8 Å². The van der Waals surface area contributed by atoms with Gasteiger partial charge in [-0.15, -0.1) is 0 Å². The molecule has 0 aliphatic rings. The first-order valence-electron chi connectivity index (χ1n) is 11.3. The predicted molar refractivity (Wildman–Crippen MR) is 148 cm³/mol. The van der Waals surface area contributed by atoms with Crippen molar-refractivity contribution in [2.45, 2.75) is 19.9 Å². The molecule has 0 amide bonds. The highest BCUT2D eigenvalue weighted by Gasteiger charge is 2.24. The van der Waals surface area contributed by atoms with E-state index in [4.69, 9.17) is 38.1 Å². The Morgan fingerprint density at radius 1 is 1.19 bits per heavy atom. The Hall–Kier alpha value is -3.27. The molecule has 1 aromatic heterocycles. The van der Waals surface area contributed by atoms with E-state index in [0.717, 1.165) is 6.21 Å². The standard InChI is InChI=1S/C25H30Cl2N6O3/c1-15(2)30-8-9-32(24-22(26)20(35-4)11-21(36-5)23(24)27)16-6-7-19-18(10-16)25(34)33(14-31-19)17(12-28)13-29-3/h6-7,10-15,28-30H,8-9H2,1-5H3/b17-13+,28-12?. The van der Waals surface area contributed by atoms with Crippen molar-refractivity contribution in [2.75, 3.05) is 39.3 Å². The van der Waals surface area contributed by atoms with Crippen LogP contribution in [0.5, 0.6) is 11.5 Å². The highest BCUT2D eigenvalue weighted by molar-refractivity contribution is 6.41. The molecule has 36 heavy (non-hydrogen) atoms. The molecular weight excluding hydrogens is 503 g/mol. The smallest absolute Gasteiger partial charge is 0.265 e. The van der Waals surface area contributed by atoms with Gasteiger partial charge in [0.15, 0.2) is 0 Å². The van der Waals surface area contributed by atoms with Crippen molar-refractivity contribution in [3.63, 3.8) is 0 Å². The second-order valence-electron chi connectivity index (χ2n) is 8.14. The molecule has 0 bridgehead atoms. The maximum Gasteiger partial charge on any atom is 0.265 e. The Morgan fingerprint density at radius 3 is 2.42 bits per heavy atom. The van der Waals surface area contributed by atoms with E-state index in [9.17, 15) is 4.79 Å². The lowest BCUT2D eigenvalue weighted by atomic mass is 10.1. The van der Waals surface area contributed by atoms with Gasteiger partial charge in [0.2, 0.25) is 0 Å². The van der Waals surface area contributed by atoms with Crippen molar-refractivity contribution in [1.82, 2.24) is 20.2 Å². The Balaban J connectivity index is 2.25. The van der Waals surface area contributed by atoms with Crippen LogP contribution in [-0.2, 0) is 0 Å². The lowest BCUT2D eigenvalue weighted by Crippen LogP contribution is -2.33. The van der Waals surface area contributed by atoms with Crippen molar-refractivity contribution in [2.24, 2.45) is 0 Å². The summed E-state index contributed by atoms with van der Waals surface area (Å²) >= 11 is 13.5. The number of ether oxygens (including phenoxy) is 2. The van der Waals surface area contributed by atoms with Crippen LogP contribution in [0.3, 0.4) is 0 Å². The number of halogens is 2. The van der Waals surface area contributed by atoms with Crippen LogP contribution in [0.2, 0.25) is 10.0 Å². The fraction of sp³-hybridized carbons (Fsp3) is 0.320. The number of allylic oxidation sites excluding steroid dienone is 1. The number of rotatable bonds is 11. The van der Waals surface area contributed by atoms with Gasteiger partial charge < -0.3 is 30.4 Å². The van der Waals surface area contributed by atoms with E-state index in [1.165, 1.54) is 25.1 Å². The molecule has 0 spiro atoms. The number of nitrogens with zero attached hydrogens (tertiary/aromatic N) is 3. The molecule has 3 N–H and O–H groups in total. The summed E-state index contributed by atoms with van der Waals surface area (Å²) in [7, 11) is 4.74. The lowest BCUT2D eigenvalue weighted by molar-refractivity contribution is 0.395. The number of fused-ring (bicyclic) bond motifs is 1. The quantitative estimate of drug-likeness (QED) is 0.311. The molecule has 0 atom stereocenters. The van der Waals surface area contributed by atoms with Crippen LogP contribution in [0, 0.1) is 5.41 Å². The summed E-state index contributed by atoms with van der Waals surface area (Å²) in [6.45, 7) is 5.21. The van der Waals surface area contributed by atoms with Gasteiger partial charge in [0.25, 0.3) is 5.56 Å². The third kappa shape index (κ3) is 5.59. The van der Waals surface area contributed by atoms with Crippen molar-refractivity contribution in [3.8, 4) is 11.5 Å². The normalized spacial score (nSPS) is 11.6. The van der Waals surface area contributed by atoms with Gasteiger partial charge in [0.1, 0.15) is 27.9 Å². The van der Waals surface area contributed by atoms with Crippen LogP contribution in [-0.4, -0.2) is 56.2 Å². The molecule has 0 aliphatic carbocycles. The van der Waals surface area contributed by atoms with Crippen molar-refractivity contribution >= 4 is 57.4 Å². The Labute approximate surface area is 220 Å². The predicted octanol–water partition coefficient (Wildman–Crippen LogP) is 4.52. The number of hydrogen-bond donors (Lipinski definition) is 3. The first kappa shape index (κ1) is 27.3. The van der Waals surface area contributed by atoms with E-state index in [0.29, 0.717) is 62.6 Å². The molecule has 0 unspecified atom stereocenters. The number of anilines is 2. The highest BCUT2D eigenvalue weighted by Crippen LogP contribution is 2.48. The summed E-state index contributed by atoms with van der Waals surface area (Å²) in [4.78, 5) is 19.7. The molecule has 0 fully saturated rings. The van der Waals surface area contributed by atoms with Gasteiger partial charge in [-0.2, -0.15) is 0 Å². The summed E-state index contributed by atoms with van der Waals surface area (Å²) in [5.41, 5.74) is 1.74. The number of hydrogen-bond acceptors (Lipinski definition) is 8. The minimum atomic E-state index is -0.312. The number of nitrogens with one attached hydrogen (secondary N) is 3. The van der Waals surface area contributed by atoms with Gasteiger partial charge >= 0.3 is 0 Å². The number of benzene rings is 2. The molecular formula is C25H30Cl2N6O3. The second kappa shape index (κ2) is 12.1. The molecule has 192 valence electrons. The third-order valence-electron chi connectivity index (χ3n) is 5.48. The minimum absolute atomic E-state index is 0.268. The molecule has 3 aromatic rings. The zero-order valence-electron chi connectivity index (χ0n) is 20.9. The zero-order valence-corrected chi connectivity index (χ0v) is 22.4. The van der Waals surface area contributed by atoms with E-state index >= 15 is 0 Å². The maximum atomic E-state index is 13.4. The lowest BCUT2D eigenvalue weighted by Gasteiger charge is -2.29. The van der Waals surface area contributed by atoms with Crippen LogP contribution in [0.15, 0.2) is 41.6 Å². The Bertz CT molecular complexity index is 1310. The van der Waals surface area contributed by atoms with E-state index < -0.39 is 0 Å². The van der Waals surface area contributed by atoms with Gasteiger partial charge in [0, 0.05) is 50.3 Å². The summed E-state index contributed by atoms with van der Waals surface area (Å²) in [5, 5.41) is 14.9. The topological polar surface area (TPSA) is 104 Å². The molecule has 3 rings (SSSR count). The van der Waals surface area contributed by atoms with E-state index in [-0.39, 0.29) is 11.6 Å². The highest BCUT2D eigenvalue weighted by atomic mass is 35.5.